The molecule has 1 saturated carbocycles. The van der Waals surface area contributed by atoms with Gasteiger partial charge in [0.25, 0.3) is 0 Å². The maximum atomic E-state index is 11.7. The molecule has 1 fully saturated rings. The Bertz CT molecular complexity index is 297. The highest BCUT2D eigenvalue weighted by Crippen LogP contribution is 2.55. The summed E-state index contributed by atoms with van der Waals surface area (Å²) in [5, 5.41) is 0. The van der Waals surface area contributed by atoms with E-state index in [1.807, 2.05) is 0 Å². The third kappa shape index (κ3) is 1.66. The topological polar surface area (TPSA) is 17.1 Å². The van der Waals surface area contributed by atoms with Crippen LogP contribution in [0.5, 0.6) is 0 Å². The smallest absolute Gasteiger partial charge is 0.127 e. The van der Waals surface area contributed by atoms with Crippen LogP contribution < -0.4 is 0 Å². The lowest BCUT2D eigenvalue weighted by molar-refractivity contribution is -0.124. The van der Waals surface area contributed by atoms with Gasteiger partial charge in [-0.15, -0.1) is 6.58 Å². The molecular weight excluding hydrogens is 196 g/mol. The van der Waals surface area contributed by atoms with Gasteiger partial charge in [0.05, 0.1) is 0 Å². The third-order valence-electron chi connectivity index (χ3n) is 4.76. The Morgan fingerprint density at radius 1 is 1.00 bits per heavy atom. The summed E-state index contributed by atoms with van der Waals surface area (Å²) in [7, 11) is 0. The average molecular weight is 218 g/mol. The van der Waals surface area contributed by atoms with Crippen LogP contribution in [-0.4, -0.2) is 6.29 Å². The van der Waals surface area contributed by atoms with Crippen LogP contribution in [-0.2, 0) is 4.79 Å². The summed E-state index contributed by atoms with van der Waals surface area (Å²) in [6, 6.07) is 0. The highest BCUT2D eigenvalue weighted by molar-refractivity contribution is 5.63. The van der Waals surface area contributed by atoms with Crippen molar-refractivity contribution in [1.82, 2.24) is 0 Å². The van der Waals surface area contributed by atoms with Crippen molar-refractivity contribution in [2.24, 2.45) is 10.8 Å². The first-order chi connectivity index (χ1) is 7.79. The van der Waals surface area contributed by atoms with Crippen molar-refractivity contribution >= 4 is 6.29 Å². The molecule has 88 valence electrons. The molecule has 0 heterocycles. The molecule has 2 aliphatic carbocycles. The van der Waals surface area contributed by atoms with E-state index in [4.69, 9.17) is 0 Å². The van der Waals surface area contributed by atoms with Gasteiger partial charge in [-0.3, -0.25) is 0 Å². The van der Waals surface area contributed by atoms with Gasteiger partial charge in [-0.2, -0.15) is 0 Å². The predicted molar refractivity (Wildman–Crippen MR) is 67.2 cm³/mol. The number of carbonyl (C=O) groups is 1. The second-order valence-electron chi connectivity index (χ2n) is 5.41. The predicted octanol–water partition coefficient (Wildman–Crippen LogP) is 4.05. The van der Waals surface area contributed by atoms with Gasteiger partial charge in [-0.25, -0.2) is 0 Å². The molecule has 1 atom stereocenters. The third-order valence-corrected chi connectivity index (χ3v) is 4.76. The Labute approximate surface area is 98.6 Å². The molecule has 0 spiro atoms. The number of hydrogen-bond acceptors (Lipinski definition) is 1. The van der Waals surface area contributed by atoms with Gasteiger partial charge in [0, 0.05) is 10.8 Å². The molecular formula is C15H22O. The minimum atomic E-state index is -0.149. The Kier molecular flexibility index (Phi) is 3.32. The Hall–Kier alpha value is -0.850. The van der Waals surface area contributed by atoms with E-state index in [2.05, 4.69) is 24.8 Å². The SMILES string of the molecule is C=CC1(C2(C=O)CC=CCC2)CCCCC1. The zero-order chi connectivity index (χ0) is 11.5. The van der Waals surface area contributed by atoms with E-state index in [-0.39, 0.29) is 10.8 Å². The molecule has 0 N–H and O–H groups in total. The van der Waals surface area contributed by atoms with Gasteiger partial charge in [0.15, 0.2) is 0 Å². The summed E-state index contributed by atoms with van der Waals surface area (Å²) >= 11 is 0. The van der Waals surface area contributed by atoms with Crippen molar-refractivity contribution in [2.45, 2.75) is 51.4 Å². The number of allylic oxidation sites excluding steroid dienone is 3. The molecule has 0 radical (unpaired) electrons. The van der Waals surface area contributed by atoms with Crippen LogP contribution in [0, 0.1) is 10.8 Å². The molecule has 2 rings (SSSR count). The van der Waals surface area contributed by atoms with Crippen molar-refractivity contribution in [2.75, 3.05) is 0 Å². The van der Waals surface area contributed by atoms with Gasteiger partial charge in [-0.1, -0.05) is 37.5 Å². The number of aldehydes is 1. The minimum Gasteiger partial charge on any atom is -0.303 e. The van der Waals surface area contributed by atoms with Crippen molar-refractivity contribution in [3.8, 4) is 0 Å². The number of rotatable bonds is 3. The molecule has 16 heavy (non-hydrogen) atoms. The molecule has 0 aromatic carbocycles. The molecule has 1 nitrogen and oxygen atoms in total. The Morgan fingerprint density at radius 3 is 2.25 bits per heavy atom. The fourth-order valence-electron chi connectivity index (χ4n) is 3.62. The van der Waals surface area contributed by atoms with Crippen LogP contribution in [0.4, 0.5) is 0 Å². The number of carbonyl (C=O) groups excluding carboxylic acids is 1. The molecule has 0 aromatic heterocycles. The maximum Gasteiger partial charge on any atom is 0.127 e. The minimum absolute atomic E-state index is 0.0811. The lowest BCUT2D eigenvalue weighted by Crippen LogP contribution is -2.44. The van der Waals surface area contributed by atoms with Crippen molar-refractivity contribution in [3.05, 3.63) is 24.8 Å². The number of hydrogen-bond donors (Lipinski definition) is 0. The van der Waals surface area contributed by atoms with E-state index in [1.165, 1.54) is 25.5 Å². The lowest BCUT2D eigenvalue weighted by Gasteiger charge is -2.49. The first-order valence-electron chi connectivity index (χ1n) is 6.54. The fraction of sp³-hybridized carbons (Fsp3) is 0.667. The van der Waals surface area contributed by atoms with E-state index in [9.17, 15) is 4.79 Å². The first-order valence-corrected chi connectivity index (χ1v) is 6.54. The van der Waals surface area contributed by atoms with Crippen molar-refractivity contribution in [3.63, 3.8) is 0 Å². The zero-order valence-electron chi connectivity index (χ0n) is 10.1. The summed E-state index contributed by atoms with van der Waals surface area (Å²) in [4.78, 5) is 11.7. The van der Waals surface area contributed by atoms with Crippen LogP contribution in [0.3, 0.4) is 0 Å². The van der Waals surface area contributed by atoms with Gasteiger partial charge in [0.2, 0.25) is 0 Å². The van der Waals surface area contributed by atoms with Gasteiger partial charge in [0.1, 0.15) is 6.29 Å². The summed E-state index contributed by atoms with van der Waals surface area (Å²) < 4.78 is 0. The van der Waals surface area contributed by atoms with Crippen LogP contribution >= 0.6 is 0 Å². The highest BCUT2D eigenvalue weighted by Gasteiger charge is 2.48. The molecule has 0 aromatic rings. The maximum absolute atomic E-state index is 11.7. The molecule has 2 aliphatic rings. The molecule has 0 bridgehead atoms. The fourth-order valence-corrected chi connectivity index (χ4v) is 3.62. The molecule has 0 aliphatic heterocycles. The van der Waals surface area contributed by atoms with Crippen LogP contribution in [0.15, 0.2) is 24.8 Å². The van der Waals surface area contributed by atoms with Crippen LogP contribution in [0.1, 0.15) is 51.4 Å². The molecule has 1 heteroatoms. The summed E-state index contributed by atoms with van der Waals surface area (Å²) in [5.74, 6) is 0. The summed E-state index contributed by atoms with van der Waals surface area (Å²) in [6.45, 7) is 4.04. The first kappa shape index (κ1) is 11.6. The largest absolute Gasteiger partial charge is 0.303 e. The second-order valence-corrected chi connectivity index (χ2v) is 5.41. The van der Waals surface area contributed by atoms with Crippen molar-refractivity contribution in [1.29, 1.82) is 0 Å². The van der Waals surface area contributed by atoms with E-state index < -0.39 is 0 Å². The van der Waals surface area contributed by atoms with Gasteiger partial charge in [-0.05, 0) is 32.1 Å². The van der Waals surface area contributed by atoms with Gasteiger partial charge >= 0.3 is 0 Å². The van der Waals surface area contributed by atoms with E-state index in [1.54, 1.807) is 0 Å². The normalized spacial score (nSPS) is 33.2. The lowest BCUT2D eigenvalue weighted by atomic mass is 9.54. The zero-order valence-corrected chi connectivity index (χ0v) is 10.1. The van der Waals surface area contributed by atoms with Crippen LogP contribution in [0.25, 0.3) is 0 Å². The van der Waals surface area contributed by atoms with Crippen molar-refractivity contribution < 1.29 is 4.79 Å². The monoisotopic (exact) mass is 218 g/mol. The molecule has 1 unspecified atom stereocenters. The van der Waals surface area contributed by atoms with E-state index in [0.29, 0.717) is 0 Å². The highest BCUT2D eigenvalue weighted by atomic mass is 16.1. The standard InChI is InChI=1S/C15H22O/c1-2-14(9-5-3-6-10-14)15(13-16)11-7-4-8-12-15/h2,4,7,13H,1,3,5-6,8-12H2. The molecule has 0 saturated heterocycles. The van der Waals surface area contributed by atoms with Crippen LogP contribution in [0.2, 0.25) is 0 Å². The Morgan fingerprint density at radius 2 is 1.75 bits per heavy atom. The van der Waals surface area contributed by atoms with Gasteiger partial charge < -0.3 is 4.79 Å². The van der Waals surface area contributed by atoms with E-state index in [0.717, 1.165) is 32.1 Å². The van der Waals surface area contributed by atoms with E-state index >= 15 is 0 Å². The Balaban J connectivity index is 2.32. The average Bonchev–Trinajstić information content (AvgIpc) is 2.40. The second kappa shape index (κ2) is 4.57. The summed E-state index contributed by atoms with van der Waals surface area (Å²) in [5.41, 5.74) is -0.0678. The molecule has 0 amide bonds. The summed E-state index contributed by atoms with van der Waals surface area (Å²) in [6.07, 6.45) is 16.9. The quantitative estimate of drug-likeness (QED) is 0.516.